The van der Waals surface area contributed by atoms with Crippen LogP contribution in [0.1, 0.15) is 24.2 Å². The maximum absolute atomic E-state index is 13.4. The Kier molecular flexibility index (Phi) is 4.34. The van der Waals surface area contributed by atoms with Crippen LogP contribution in [-0.4, -0.2) is 27.8 Å². The fraction of sp³-hybridized carbons (Fsp3) is 0.333. The van der Waals surface area contributed by atoms with E-state index in [0.717, 1.165) is 6.07 Å². The van der Waals surface area contributed by atoms with Crippen molar-refractivity contribution in [2.45, 2.75) is 24.6 Å². The number of aliphatic carboxylic acids is 1. The van der Waals surface area contributed by atoms with E-state index in [4.69, 9.17) is 5.11 Å². The molecule has 0 aliphatic heterocycles. The van der Waals surface area contributed by atoms with E-state index in [1.165, 1.54) is 18.2 Å². The number of carboxylic acid groups (broad SMARTS) is 1. The van der Waals surface area contributed by atoms with Gasteiger partial charge in [0.1, 0.15) is 11.9 Å². The lowest BCUT2D eigenvalue weighted by Gasteiger charge is -2.26. The Morgan fingerprint density at radius 3 is 2.39 bits per heavy atom. The number of carbonyl (C=O) groups excluding carboxylic acids is 1. The number of halogens is 1. The molecule has 1 unspecified atom stereocenters. The Morgan fingerprint density at radius 2 is 1.94 bits per heavy atom. The second-order valence-corrected chi connectivity index (χ2v) is 5.53. The third-order valence-electron chi connectivity index (χ3n) is 2.35. The average Bonchev–Trinajstić information content (AvgIpc) is 2.24. The molecule has 0 aromatic heterocycles. The summed E-state index contributed by atoms with van der Waals surface area (Å²) in [5.74, 6) is -2.70. The van der Waals surface area contributed by atoms with Gasteiger partial charge in [-0.2, -0.15) is 12.6 Å². The van der Waals surface area contributed by atoms with Crippen molar-refractivity contribution in [3.05, 3.63) is 35.6 Å². The van der Waals surface area contributed by atoms with Crippen LogP contribution in [0.15, 0.2) is 24.3 Å². The molecule has 0 aliphatic rings. The van der Waals surface area contributed by atoms with Crippen molar-refractivity contribution >= 4 is 24.5 Å². The minimum atomic E-state index is -1.22. The highest BCUT2D eigenvalue weighted by atomic mass is 32.1. The Balaban J connectivity index is 2.93. The lowest BCUT2D eigenvalue weighted by atomic mass is 10.0. The molecular formula is C12H14FNO3S. The molecule has 0 spiro atoms. The minimum absolute atomic E-state index is 0.193. The van der Waals surface area contributed by atoms with Crippen molar-refractivity contribution in [3.63, 3.8) is 0 Å². The fourth-order valence-electron chi connectivity index (χ4n) is 1.39. The van der Waals surface area contributed by atoms with E-state index in [0.29, 0.717) is 0 Å². The summed E-state index contributed by atoms with van der Waals surface area (Å²) in [5, 5.41) is 11.3. The topological polar surface area (TPSA) is 66.4 Å². The number of benzene rings is 1. The van der Waals surface area contributed by atoms with Crippen molar-refractivity contribution in [1.29, 1.82) is 0 Å². The van der Waals surface area contributed by atoms with Crippen LogP contribution in [0, 0.1) is 5.82 Å². The molecule has 0 saturated carbocycles. The fourth-order valence-corrected chi connectivity index (χ4v) is 1.57. The molecule has 18 heavy (non-hydrogen) atoms. The van der Waals surface area contributed by atoms with E-state index in [1.54, 1.807) is 13.8 Å². The van der Waals surface area contributed by atoms with Gasteiger partial charge in [-0.1, -0.05) is 12.1 Å². The Hall–Kier alpha value is -1.56. The first-order chi connectivity index (χ1) is 8.23. The van der Waals surface area contributed by atoms with E-state index in [9.17, 15) is 14.0 Å². The number of carbonyl (C=O) groups is 2. The summed E-state index contributed by atoms with van der Waals surface area (Å²) in [5.41, 5.74) is -0.193. The second-order valence-electron chi connectivity index (χ2n) is 4.38. The van der Waals surface area contributed by atoms with Crippen LogP contribution in [-0.2, 0) is 4.79 Å². The van der Waals surface area contributed by atoms with E-state index >= 15 is 0 Å². The molecule has 1 rings (SSSR count). The third-order valence-corrected chi connectivity index (χ3v) is 2.61. The minimum Gasteiger partial charge on any atom is -0.480 e. The van der Waals surface area contributed by atoms with E-state index in [-0.39, 0.29) is 5.56 Å². The van der Waals surface area contributed by atoms with Gasteiger partial charge in [0.2, 0.25) is 0 Å². The molecule has 0 saturated heterocycles. The normalized spacial score (nSPS) is 12.9. The number of rotatable bonds is 4. The summed E-state index contributed by atoms with van der Waals surface area (Å²) in [6.07, 6.45) is 0. The summed E-state index contributed by atoms with van der Waals surface area (Å²) >= 11 is 4.11. The van der Waals surface area contributed by atoms with Crippen LogP contribution in [0.25, 0.3) is 0 Å². The zero-order valence-corrected chi connectivity index (χ0v) is 10.9. The van der Waals surface area contributed by atoms with Gasteiger partial charge in [0.05, 0.1) is 5.56 Å². The molecule has 1 aromatic rings. The maximum atomic E-state index is 13.4. The largest absolute Gasteiger partial charge is 0.480 e. The predicted octanol–water partition coefficient (Wildman–Crippen LogP) is 1.72. The first-order valence-corrected chi connectivity index (χ1v) is 5.69. The van der Waals surface area contributed by atoms with Crippen LogP contribution in [0.3, 0.4) is 0 Å². The molecule has 6 heteroatoms. The highest BCUT2D eigenvalue weighted by Gasteiger charge is 2.34. The molecule has 0 bridgehead atoms. The molecule has 98 valence electrons. The summed E-state index contributed by atoms with van der Waals surface area (Å²) in [6.45, 7) is 3.10. The molecule has 1 amide bonds. The van der Waals surface area contributed by atoms with Crippen molar-refractivity contribution in [3.8, 4) is 0 Å². The van der Waals surface area contributed by atoms with E-state index < -0.39 is 28.5 Å². The number of nitrogens with one attached hydrogen (secondary N) is 1. The van der Waals surface area contributed by atoms with Crippen LogP contribution in [0.2, 0.25) is 0 Å². The van der Waals surface area contributed by atoms with Crippen molar-refractivity contribution in [1.82, 2.24) is 5.32 Å². The van der Waals surface area contributed by atoms with Gasteiger partial charge < -0.3 is 10.4 Å². The van der Waals surface area contributed by atoms with Gasteiger partial charge in [0, 0.05) is 4.75 Å². The third kappa shape index (κ3) is 3.46. The van der Waals surface area contributed by atoms with Gasteiger partial charge in [-0.25, -0.2) is 9.18 Å². The number of hydrogen-bond donors (Lipinski definition) is 3. The SMILES string of the molecule is CC(C)(S)C(NC(=O)c1ccccc1F)C(=O)O. The Labute approximate surface area is 110 Å². The Bertz CT molecular complexity index is 471. The molecule has 0 heterocycles. The zero-order chi connectivity index (χ0) is 13.9. The van der Waals surface area contributed by atoms with Crippen molar-refractivity contribution < 1.29 is 19.1 Å². The summed E-state index contributed by atoms with van der Waals surface area (Å²) in [4.78, 5) is 22.8. The molecule has 4 nitrogen and oxygen atoms in total. The van der Waals surface area contributed by atoms with Gasteiger partial charge >= 0.3 is 5.97 Å². The lowest BCUT2D eigenvalue weighted by molar-refractivity contribution is -0.139. The quantitative estimate of drug-likeness (QED) is 0.730. The molecule has 0 aliphatic carbocycles. The zero-order valence-electron chi connectivity index (χ0n) is 9.98. The molecule has 2 N–H and O–H groups in total. The summed E-state index contributed by atoms with van der Waals surface area (Å²) in [7, 11) is 0. The van der Waals surface area contributed by atoms with E-state index in [2.05, 4.69) is 17.9 Å². The van der Waals surface area contributed by atoms with Gasteiger partial charge in [-0.05, 0) is 26.0 Å². The van der Waals surface area contributed by atoms with Crippen LogP contribution >= 0.6 is 12.6 Å². The van der Waals surface area contributed by atoms with Crippen molar-refractivity contribution in [2.75, 3.05) is 0 Å². The highest BCUT2D eigenvalue weighted by Crippen LogP contribution is 2.18. The van der Waals surface area contributed by atoms with Gasteiger partial charge in [0.25, 0.3) is 5.91 Å². The number of hydrogen-bond acceptors (Lipinski definition) is 3. The van der Waals surface area contributed by atoms with Crippen LogP contribution in [0.4, 0.5) is 4.39 Å². The predicted molar refractivity (Wildman–Crippen MR) is 68.4 cm³/mol. The second kappa shape index (κ2) is 5.39. The molecule has 0 radical (unpaired) electrons. The number of amides is 1. The van der Waals surface area contributed by atoms with Crippen molar-refractivity contribution in [2.24, 2.45) is 0 Å². The van der Waals surface area contributed by atoms with Crippen LogP contribution in [0.5, 0.6) is 0 Å². The van der Waals surface area contributed by atoms with Crippen LogP contribution < -0.4 is 5.32 Å². The molecule has 1 atom stereocenters. The first kappa shape index (κ1) is 14.5. The molecular weight excluding hydrogens is 257 g/mol. The molecule has 1 aromatic carbocycles. The van der Waals surface area contributed by atoms with Gasteiger partial charge in [-0.3, -0.25) is 4.79 Å². The van der Waals surface area contributed by atoms with Gasteiger partial charge in [0.15, 0.2) is 0 Å². The standard InChI is InChI=1S/C12H14FNO3S/c1-12(2,18)9(11(16)17)14-10(15)7-5-3-4-6-8(7)13/h3-6,9,18H,1-2H3,(H,14,15)(H,16,17). The summed E-state index contributed by atoms with van der Waals surface area (Å²) < 4.78 is 12.4. The Morgan fingerprint density at radius 1 is 1.39 bits per heavy atom. The first-order valence-electron chi connectivity index (χ1n) is 5.24. The maximum Gasteiger partial charge on any atom is 0.327 e. The number of carboxylic acids is 1. The average molecular weight is 271 g/mol. The smallest absolute Gasteiger partial charge is 0.327 e. The molecule has 0 fully saturated rings. The highest BCUT2D eigenvalue weighted by molar-refractivity contribution is 7.81. The van der Waals surface area contributed by atoms with E-state index in [1.807, 2.05) is 0 Å². The lowest BCUT2D eigenvalue weighted by Crippen LogP contribution is -2.51. The number of thiol groups is 1. The monoisotopic (exact) mass is 271 g/mol. The van der Waals surface area contributed by atoms with Gasteiger partial charge in [-0.15, -0.1) is 0 Å². The summed E-state index contributed by atoms with van der Waals surface area (Å²) in [6, 6.07) is 4.15.